The van der Waals surface area contributed by atoms with Crippen LogP contribution in [0.1, 0.15) is 0 Å². The molecule has 0 fully saturated rings. The first kappa shape index (κ1) is 17.4. The average molecular weight is 310 g/mol. The van der Waals surface area contributed by atoms with Gasteiger partial charge in [0.2, 0.25) is 0 Å². The van der Waals surface area contributed by atoms with E-state index in [1.807, 2.05) is 19.0 Å². The maximum absolute atomic E-state index is 11.8. The number of nitro groups is 1. The number of amides is 2. The molecule has 9 heteroatoms. The lowest BCUT2D eigenvalue weighted by molar-refractivity contribution is -0.384. The summed E-state index contributed by atoms with van der Waals surface area (Å²) in [6, 6.07) is 3.72. The molecule has 2 N–H and O–H groups in total. The molecule has 0 aliphatic rings. The number of carbonyl (C=O) groups is 2. The van der Waals surface area contributed by atoms with Crippen LogP contribution in [0.4, 0.5) is 11.4 Å². The van der Waals surface area contributed by atoms with Crippen LogP contribution in [-0.2, 0) is 9.59 Å². The fraction of sp³-hybridized carbons (Fsp3) is 0.385. The molecule has 1 rings (SSSR count). The molecular formula is C13H18N4O5. The number of nitrogens with one attached hydrogen (secondary N) is 2. The Morgan fingerprint density at radius 3 is 2.55 bits per heavy atom. The molecular weight excluding hydrogens is 292 g/mol. The Hall–Kier alpha value is -2.68. The molecule has 1 aromatic rings. The number of benzene rings is 1. The summed E-state index contributed by atoms with van der Waals surface area (Å²) in [6.45, 7) is 0.893. The van der Waals surface area contributed by atoms with Gasteiger partial charge in [0, 0.05) is 25.2 Å². The first-order valence-electron chi connectivity index (χ1n) is 6.41. The topological polar surface area (TPSA) is 114 Å². The molecule has 2 amide bonds. The summed E-state index contributed by atoms with van der Waals surface area (Å²) >= 11 is 0. The number of methoxy groups -OCH3 is 1. The van der Waals surface area contributed by atoms with Gasteiger partial charge in [-0.3, -0.25) is 19.7 Å². The lowest BCUT2D eigenvalue weighted by Gasteiger charge is -2.11. The number of non-ortho nitro benzene ring substituents is 1. The van der Waals surface area contributed by atoms with Gasteiger partial charge in [-0.1, -0.05) is 0 Å². The van der Waals surface area contributed by atoms with Crippen molar-refractivity contribution in [2.75, 3.05) is 39.6 Å². The number of nitrogens with zero attached hydrogens (tertiary/aromatic N) is 2. The van der Waals surface area contributed by atoms with E-state index in [0.29, 0.717) is 13.1 Å². The van der Waals surface area contributed by atoms with Crippen LogP contribution in [0.25, 0.3) is 0 Å². The Morgan fingerprint density at radius 1 is 1.32 bits per heavy atom. The van der Waals surface area contributed by atoms with Crippen molar-refractivity contribution in [3.8, 4) is 5.75 Å². The molecule has 9 nitrogen and oxygen atoms in total. The number of rotatable bonds is 6. The fourth-order valence-corrected chi connectivity index (χ4v) is 1.56. The summed E-state index contributed by atoms with van der Waals surface area (Å²) in [5, 5.41) is 15.5. The van der Waals surface area contributed by atoms with Crippen molar-refractivity contribution in [3.63, 3.8) is 0 Å². The smallest absolute Gasteiger partial charge is 0.313 e. The predicted molar refractivity (Wildman–Crippen MR) is 79.8 cm³/mol. The minimum Gasteiger partial charge on any atom is -0.495 e. The zero-order valence-electron chi connectivity index (χ0n) is 12.6. The van der Waals surface area contributed by atoms with Gasteiger partial charge in [0.1, 0.15) is 5.75 Å². The highest BCUT2D eigenvalue weighted by molar-refractivity contribution is 6.39. The van der Waals surface area contributed by atoms with Crippen LogP contribution in [-0.4, -0.2) is 55.9 Å². The largest absolute Gasteiger partial charge is 0.495 e. The number of anilines is 1. The van der Waals surface area contributed by atoms with E-state index in [9.17, 15) is 19.7 Å². The number of nitro benzene ring substituents is 1. The number of hydrogen-bond donors (Lipinski definition) is 2. The third kappa shape index (κ3) is 5.02. The highest BCUT2D eigenvalue weighted by Crippen LogP contribution is 2.28. The Bertz CT molecular complexity index is 574. The minimum absolute atomic E-state index is 0.0597. The van der Waals surface area contributed by atoms with Gasteiger partial charge in [0.15, 0.2) is 0 Å². The summed E-state index contributed by atoms with van der Waals surface area (Å²) in [4.78, 5) is 35.4. The van der Waals surface area contributed by atoms with Crippen molar-refractivity contribution in [1.82, 2.24) is 10.2 Å². The van der Waals surface area contributed by atoms with Crippen LogP contribution in [0.5, 0.6) is 5.75 Å². The van der Waals surface area contributed by atoms with Gasteiger partial charge in [0.05, 0.1) is 17.7 Å². The lowest BCUT2D eigenvalue weighted by Crippen LogP contribution is -2.38. The van der Waals surface area contributed by atoms with Crippen molar-refractivity contribution in [2.45, 2.75) is 0 Å². The van der Waals surface area contributed by atoms with Crippen molar-refractivity contribution in [2.24, 2.45) is 0 Å². The summed E-state index contributed by atoms with van der Waals surface area (Å²) in [6.07, 6.45) is 0. The van der Waals surface area contributed by atoms with Crippen LogP contribution in [0, 0.1) is 10.1 Å². The number of likely N-dealkylation sites (N-methyl/N-ethyl adjacent to an activating group) is 1. The Balaban J connectivity index is 2.76. The molecule has 0 aliphatic carbocycles. The third-order valence-electron chi connectivity index (χ3n) is 2.69. The second kappa shape index (κ2) is 7.93. The van der Waals surface area contributed by atoms with E-state index in [1.54, 1.807) is 0 Å². The third-order valence-corrected chi connectivity index (χ3v) is 2.69. The summed E-state index contributed by atoms with van der Waals surface area (Å²) in [7, 11) is 5.02. The summed E-state index contributed by atoms with van der Waals surface area (Å²) < 4.78 is 5.00. The van der Waals surface area contributed by atoms with Crippen LogP contribution >= 0.6 is 0 Å². The molecule has 22 heavy (non-hydrogen) atoms. The zero-order chi connectivity index (χ0) is 16.7. The SMILES string of the molecule is COc1ccc([N+](=O)[O-])cc1NC(=O)C(=O)NCCN(C)C. The average Bonchev–Trinajstić information content (AvgIpc) is 2.46. The van der Waals surface area contributed by atoms with E-state index in [4.69, 9.17) is 4.74 Å². The zero-order valence-corrected chi connectivity index (χ0v) is 12.6. The van der Waals surface area contributed by atoms with Crippen molar-refractivity contribution >= 4 is 23.2 Å². The van der Waals surface area contributed by atoms with Gasteiger partial charge >= 0.3 is 11.8 Å². The number of carbonyl (C=O) groups excluding carboxylic acids is 2. The van der Waals surface area contributed by atoms with Gasteiger partial charge in [-0.2, -0.15) is 0 Å². The van der Waals surface area contributed by atoms with Crippen LogP contribution in [0.3, 0.4) is 0 Å². The van der Waals surface area contributed by atoms with Gasteiger partial charge in [-0.05, 0) is 20.2 Å². The summed E-state index contributed by atoms with van der Waals surface area (Å²) in [5.41, 5.74) is -0.159. The number of ether oxygens (including phenoxy) is 1. The monoisotopic (exact) mass is 310 g/mol. The fourth-order valence-electron chi connectivity index (χ4n) is 1.56. The molecule has 0 aliphatic heterocycles. The number of hydrogen-bond acceptors (Lipinski definition) is 6. The van der Waals surface area contributed by atoms with Crippen molar-refractivity contribution in [3.05, 3.63) is 28.3 Å². The van der Waals surface area contributed by atoms with Gasteiger partial charge in [0.25, 0.3) is 5.69 Å². The molecule has 0 unspecified atom stereocenters. The second-order valence-corrected chi connectivity index (χ2v) is 4.65. The Kier molecular flexibility index (Phi) is 6.26. The van der Waals surface area contributed by atoms with Crippen LogP contribution in [0.2, 0.25) is 0 Å². The van der Waals surface area contributed by atoms with Crippen molar-refractivity contribution < 1.29 is 19.2 Å². The van der Waals surface area contributed by atoms with Crippen LogP contribution < -0.4 is 15.4 Å². The molecule has 1 aromatic carbocycles. The van der Waals surface area contributed by atoms with E-state index >= 15 is 0 Å². The Labute approximate surface area is 127 Å². The molecule has 0 radical (unpaired) electrons. The highest BCUT2D eigenvalue weighted by Gasteiger charge is 2.18. The molecule has 0 saturated heterocycles. The molecule has 0 aromatic heterocycles. The van der Waals surface area contributed by atoms with E-state index in [1.165, 1.54) is 19.2 Å². The van der Waals surface area contributed by atoms with Crippen molar-refractivity contribution in [1.29, 1.82) is 0 Å². The van der Waals surface area contributed by atoms with Gasteiger partial charge in [-0.25, -0.2) is 0 Å². The molecule has 0 atom stereocenters. The maximum atomic E-state index is 11.8. The first-order chi connectivity index (χ1) is 10.3. The minimum atomic E-state index is -0.919. The van der Waals surface area contributed by atoms with Gasteiger partial charge < -0.3 is 20.3 Å². The second-order valence-electron chi connectivity index (χ2n) is 4.65. The molecule has 0 heterocycles. The Morgan fingerprint density at radius 2 is 2.00 bits per heavy atom. The predicted octanol–water partition coefficient (Wildman–Crippen LogP) is 0.220. The molecule has 0 bridgehead atoms. The summed E-state index contributed by atoms with van der Waals surface area (Å²) in [5.74, 6) is -1.52. The lowest BCUT2D eigenvalue weighted by atomic mass is 10.2. The van der Waals surface area contributed by atoms with E-state index in [2.05, 4.69) is 10.6 Å². The molecule has 0 spiro atoms. The highest BCUT2D eigenvalue weighted by atomic mass is 16.6. The van der Waals surface area contributed by atoms with Gasteiger partial charge in [-0.15, -0.1) is 0 Å². The maximum Gasteiger partial charge on any atom is 0.313 e. The molecule has 120 valence electrons. The van der Waals surface area contributed by atoms with E-state index in [-0.39, 0.29) is 17.1 Å². The standard InChI is InChI=1S/C13H18N4O5/c1-16(2)7-6-14-12(18)13(19)15-10-8-9(17(20)21)4-5-11(10)22-3/h4-5,8H,6-7H2,1-3H3,(H,14,18)(H,15,19). The first-order valence-corrected chi connectivity index (χ1v) is 6.41. The van der Waals surface area contributed by atoms with E-state index < -0.39 is 16.7 Å². The van der Waals surface area contributed by atoms with Crippen LogP contribution in [0.15, 0.2) is 18.2 Å². The quantitative estimate of drug-likeness (QED) is 0.441. The normalized spacial score (nSPS) is 10.2. The van der Waals surface area contributed by atoms with E-state index in [0.717, 1.165) is 6.07 Å². The molecule has 0 saturated carbocycles.